The summed E-state index contributed by atoms with van der Waals surface area (Å²) in [5, 5.41) is 16.4. The van der Waals surface area contributed by atoms with E-state index in [1.807, 2.05) is 32.9 Å². The van der Waals surface area contributed by atoms with E-state index >= 15 is 0 Å². The second-order valence-electron chi connectivity index (χ2n) is 6.62. The Bertz CT molecular complexity index is 832. The number of hydrogen-bond acceptors (Lipinski definition) is 5. The van der Waals surface area contributed by atoms with Crippen LogP contribution in [0, 0.1) is 12.8 Å². The van der Waals surface area contributed by atoms with Gasteiger partial charge in [-0.25, -0.2) is 9.78 Å². The van der Waals surface area contributed by atoms with Crippen molar-refractivity contribution in [2.75, 3.05) is 0 Å². The molecule has 0 spiro atoms. The summed E-state index contributed by atoms with van der Waals surface area (Å²) in [6.07, 6.45) is 0.488. The molecule has 2 amide bonds. The monoisotopic (exact) mass is 389 g/mol. The summed E-state index contributed by atoms with van der Waals surface area (Å²) in [6.45, 7) is 5.90. The first kappa shape index (κ1) is 20.6. The van der Waals surface area contributed by atoms with Crippen molar-refractivity contribution in [3.05, 3.63) is 51.5 Å². The van der Waals surface area contributed by atoms with Gasteiger partial charge < -0.3 is 15.7 Å². The Kier molecular flexibility index (Phi) is 7.06. The maximum Gasteiger partial charge on any atom is 0.355 e. The lowest BCUT2D eigenvalue weighted by molar-refractivity contribution is -0.123. The predicted octanol–water partition coefficient (Wildman–Crippen LogP) is 2.61. The molecule has 1 atom stereocenters. The highest BCUT2D eigenvalue weighted by molar-refractivity contribution is 7.09. The number of benzene rings is 1. The summed E-state index contributed by atoms with van der Waals surface area (Å²) >= 11 is 1.16. The lowest BCUT2D eigenvalue weighted by Gasteiger charge is -2.20. The van der Waals surface area contributed by atoms with Gasteiger partial charge in [-0.1, -0.05) is 32.0 Å². The largest absolute Gasteiger partial charge is 0.476 e. The number of rotatable bonds is 8. The molecule has 0 aliphatic rings. The molecule has 1 heterocycles. The van der Waals surface area contributed by atoms with Gasteiger partial charge in [0.2, 0.25) is 5.91 Å². The van der Waals surface area contributed by atoms with Crippen LogP contribution in [0.3, 0.4) is 0 Å². The van der Waals surface area contributed by atoms with E-state index in [2.05, 4.69) is 15.6 Å². The Hall–Kier alpha value is -2.74. The molecule has 1 aromatic heterocycles. The van der Waals surface area contributed by atoms with Gasteiger partial charge in [-0.2, -0.15) is 0 Å². The van der Waals surface area contributed by atoms with Gasteiger partial charge in [-0.15, -0.1) is 11.3 Å². The number of amides is 2. The first-order valence-corrected chi connectivity index (χ1v) is 9.47. The van der Waals surface area contributed by atoms with E-state index < -0.39 is 12.0 Å². The Labute approximate surface area is 161 Å². The molecule has 1 unspecified atom stereocenters. The first-order valence-electron chi connectivity index (χ1n) is 8.59. The van der Waals surface area contributed by atoms with Crippen LogP contribution in [0.4, 0.5) is 0 Å². The molecule has 3 N–H and O–H groups in total. The molecule has 0 saturated carbocycles. The molecular formula is C19H23N3O4S. The number of aryl methyl sites for hydroxylation is 1. The lowest BCUT2D eigenvalue weighted by atomic mass is 10.0. The fraction of sp³-hybridized carbons (Fsp3) is 0.368. The Morgan fingerprint density at radius 1 is 1.22 bits per heavy atom. The van der Waals surface area contributed by atoms with Gasteiger partial charge >= 0.3 is 5.97 Å². The molecule has 0 saturated heterocycles. The average Bonchev–Trinajstić information content (AvgIpc) is 3.08. The fourth-order valence-corrected chi connectivity index (χ4v) is 3.25. The molecule has 0 aliphatic heterocycles. The fourth-order valence-electron chi connectivity index (χ4n) is 2.54. The van der Waals surface area contributed by atoms with Crippen LogP contribution in [-0.4, -0.2) is 33.9 Å². The number of carbonyl (C=O) groups excluding carboxylic acids is 2. The molecule has 27 heavy (non-hydrogen) atoms. The van der Waals surface area contributed by atoms with Crippen molar-refractivity contribution in [2.24, 2.45) is 5.92 Å². The molecule has 2 aromatic rings. The van der Waals surface area contributed by atoms with Crippen LogP contribution in [0.5, 0.6) is 0 Å². The van der Waals surface area contributed by atoms with Crippen LogP contribution >= 0.6 is 11.3 Å². The van der Waals surface area contributed by atoms with Crippen molar-refractivity contribution < 1.29 is 19.5 Å². The Morgan fingerprint density at radius 2 is 1.93 bits per heavy atom. The van der Waals surface area contributed by atoms with Crippen LogP contribution < -0.4 is 10.6 Å². The summed E-state index contributed by atoms with van der Waals surface area (Å²) in [6, 6.07) is 6.51. The van der Waals surface area contributed by atoms with Gasteiger partial charge in [0.15, 0.2) is 5.69 Å². The predicted molar refractivity (Wildman–Crippen MR) is 103 cm³/mol. The van der Waals surface area contributed by atoms with Gasteiger partial charge in [-0.3, -0.25) is 9.59 Å². The molecule has 8 heteroatoms. The van der Waals surface area contributed by atoms with Crippen LogP contribution in [-0.2, 0) is 11.3 Å². The van der Waals surface area contributed by atoms with Crippen molar-refractivity contribution in [2.45, 2.75) is 39.8 Å². The molecule has 0 fully saturated rings. The summed E-state index contributed by atoms with van der Waals surface area (Å²) in [4.78, 5) is 39.9. The van der Waals surface area contributed by atoms with Gasteiger partial charge in [0.1, 0.15) is 11.0 Å². The van der Waals surface area contributed by atoms with Gasteiger partial charge in [0.05, 0.1) is 6.54 Å². The minimum absolute atomic E-state index is 0.0455. The zero-order valence-electron chi connectivity index (χ0n) is 15.5. The number of aromatic nitrogens is 1. The topological polar surface area (TPSA) is 108 Å². The van der Waals surface area contributed by atoms with E-state index in [0.29, 0.717) is 17.0 Å². The minimum Gasteiger partial charge on any atom is -0.476 e. The third kappa shape index (κ3) is 5.89. The Balaban J connectivity index is 2.03. The van der Waals surface area contributed by atoms with Crippen LogP contribution in [0.1, 0.15) is 51.7 Å². The SMILES string of the molecule is Cc1ccccc1C(=O)NC(CC(C)C)C(=O)NCc1nc(C(=O)O)cs1. The number of carboxylic acid groups (broad SMARTS) is 1. The van der Waals surface area contributed by atoms with Crippen molar-refractivity contribution in [1.29, 1.82) is 0 Å². The van der Waals surface area contributed by atoms with Crippen LogP contribution in [0.2, 0.25) is 0 Å². The number of aromatic carboxylic acids is 1. The van der Waals surface area contributed by atoms with Gasteiger partial charge in [0, 0.05) is 10.9 Å². The van der Waals surface area contributed by atoms with Crippen molar-refractivity contribution in [1.82, 2.24) is 15.6 Å². The first-order chi connectivity index (χ1) is 12.8. The third-order valence-corrected chi connectivity index (χ3v) is 4.75. The highest BCUT2D eigenvalue weighted by Gasteiger charge is 2.23. The highest BCUT2D eigenvalue weighted by atomic mass is 32.1. The number of nitrogens with zero attached hydrogens (tertiary/aromatic N) is 1. The molecule has 144 valence electrons. The van der Waals surface area contributed by atoms with Crippen LogP contribution in [0.25, 0.3) is 0 Å². The molecule has 0 aliphatic carbocycles. The molecule has 2 rings (SSSR count). The van der Waals surface area contributed by atoms with Gasteiger partial charge in [0.25, 0.3) is 5.91 Å². The second kappa shape index (κ2) is 9.27. The lowest BCUT2D eigenvalue weighted by Crippen LogP contribution is -2.47. The van der Waals surface area contributed by atoms with E-state index in [1.54, 1.807) is 12.1 Å². The normalized spacial score (nSPS) is 11.9. The maximum atomic E-state index is 12.6. The maximum absolute atomic E-state index is 12.6. The summed E-state index contributed by atoms with van der Waals surface area (Å²) < 4.78 is 0. The molecule has 0 radical (unpaired) electrons. The van der Waals surface area contributed by atoms with Gasteiger partial charge in [-0.05, 0) is 30.9 Å². The summed E-state index contributed by atoms with van der Waals surface area (Å²) in [5.41, 5.74) is 1.32. The zero-order chi connectivity index (χ0) is 20.0. The molecule has 7 nitrogen and oxygen atoms in total. The quantitative estimate of drug-likeness (QED) is 0.643. The second-order valence-corrected chi connectivity index (χ2v) is 7.56. The smallest absolute Gasteiger partial charge is 0.355 e. The van der Waals surface area contributed by atoms with E-state index in [4.69, 9.17) is 5.11 Å². The number of carbonyl (C=O) groups is 3. The number of hydrogen-bond donors (Lipinski definition) is 3. The molecule has 0 bridgehead atoms. The summed E-state index contributed by atoms with van der Waals surface area (Å²) in [5.74, 6) is -1.52. The van der Waals surface area contributed by atoms with E-state index in [9.17, 15) is 14.4 Å². The summed E-state index contributed by atoms with van der Waals surface area (Å²) in [7, 11) is 0. The number of nitrogens with one attached hydrogen (secondary N) is 2. The average molecular weight is 389 g/mol. The standard InChI is InChI=1S/C19H23N3O4S/c1-11(2)8-14(22-17(23)13-7-5-4-6-12(13)3)18(24)20-9-16-21-15(10-27-16)19(25)26/h4-7,10-11,14H,8-9H2,1-3H3,(H,20,24)(H,22,23)(H,25,26). The molecule has 1 aromatic carbocycles. The van der Waals surface area contributed by atoms with E-state index in [-0.39, 0.29) is 30.0 Å². The molecular weight excluding hydrogens is 366 g/mol. The van der Waals surface area contributed by atoms with Crippen molar-refractivity contribution in [3.63, 3.8) is 0 Å². The van der Waals surface area contributed by atoms with Crippen LogP contribution in [0.15, 0.2) is 29.6 Å². The number of thiazole rings is 1. The number of carboxylic acids is 1. The third-order valence-electron chi connectivity index (χ3n) is 3.90. The van der Waals surface area contributed by atoms with E-state index in [1.165, 1.54) is 5.38 Å². The minimum atomic E-state index is -1.10. The Morgan fingerprint density at radius 3 is 2.52 bits per heavy atom. The highest BCUT2D eigenvalue weighted by Crippen LogP contribution is 2.12. The van der Waals surface area contributed by atoms with Crippen molar-refractivity contribution in [3.8, 4) is 0 Å². The zero-order valence-corrected chi connectivity index (χ0v) is 16.3. The van der Waals surface area contributed by atoms with Crippen molar-refractivity contribution >= 4 is 29.1 Å². The van der Waals surface area contributed by atoms with E-state index in [0.717, 1.165) is 16.9 Å².